The van der Waals surface area contributed by atoms with Crippen LogP contribution < -0.4 is 14.9 Å². The SMILES string of the molecule is C=CCOC(=O)C1=C(C)N=c2s/c(=C/c3ccc(C)o3)c(=O)n2[C@H]1c1cccs1. The first-order chi connectivity index (χ1) is 14.0. The van der Waals surface area contributed by atoms with Crippen LogP contribution >= 0.6 is 22.7 Å². The van der Waals surface area contributed by atoms with E-state index in [4.69, 9.17) is 9.15 Å². The Balaban J connectivity index is 1.91. The number of ether oxygens (including phenoxy) is 1. The highest BCUT2D eigenvalue weighted by Gasteiger charge is 2.33. The van der Waals surface area contributed by atoms with Gasteiger partial charge in [-0.15, -0.1) is 11.3 Å². The van der Waals surface area contributed by atoms with E-state index in [1.165, 1.54) is 28.7 Å². The van der Waals surface area contributed by atoms with Crippen LogP contribution in [0.25, 0.3) is 6.08 Å². The number of furan rings is 1. The first kappa shape index (κ1) is 19.4. The molecule has 148 valence electrons. The Kier molecular flexibility index (Phi) is 5.21. The number of carbonyl (C=O) groups is 1. The van der Waals surface area contributed by atoms with Gasteiger partial charge in [-0.3, -0.25) is 9.36 Å². The molecule has 1 aliphatic heterocycles. The summed E-state index contributed by atoms with van der Waals surface area (Å²) >= 11 is 2.75. The summed E-state index contributed by atoms with van der Waals surface area (Å²) in [5.74, 6) is 0.867. The maximum absolute atomic E-state index is 13.3. The monoisotopic (exact) mass is 426 g/mol. The summed E-state index contributed by atoms with van der Waals surface area (Å²) in [6.45, 7) is 7.28. The first-order valence-corrected chi connectivity index (χ1v) is 10.6. The lowest BCUT2D eigenvalue weighted by Crippen LogP contribution is -2.39. The number of rotatable bonds is 5. The Morgan fingerprint density at radius 1 is 1.38 bits per heavy atom. The third-order valence-corrected chi connectivity index (χ3v) is 6.33. The van der Waals surface area contributed by atoms with Gasteiger partial charge in [-0.05, 0) is 37.4 Å². The number of nitrogens with zero attached hydrogens (tertiary/aromatic N) is 2. The number of thiophene rings is 1. The molecular weight excluding hydrogens is 408 g/mol. The molecule has 1 atom stereocenters. The molecule has 0 radical (unpaired) electrons. The highest BCUT2D eigenvalue weighted by Crippen LogP contribution is 2.33. The summed E-state index contributed by atoms with van der Waals surface area (Å²) in [4.78, 5) is 32.0. The number of aryl methyl sites for hydroxylation is 1. The second-order valence-corrected chi connectivity index (χ2v) is 8.42. The van der Waals surface area contributed by atoms with Gasteiger partial charge >= 0.3 is 5.97 Å². The maximum Gasteiger partial charge on any atom is 0.338 e. The zero-order valence-electron chi connectivity index (χ0n) is 15.9. The Morgan fingerprint density at radius 2 is 2.21 bits per heavy atom. The third kappa shape index (κ3) is 3.56. The average molecular weight is 427 g/mol. The molecule has 0 aromatic carbocycles. The Labute approximate surface area is 174 Å². The molecule has 0 saturated heterocycles. The Hall–Kier alpha value is -2.97. The minimum Gasteiger partial charge on any atom is -0.462 e. The molecule has 29 heavy (non-hydrogen) atoms. The maximum atomic E-state index is 13.3. The van der Waals surface area contributed by atoms with Crippen LogP contribution in [0, 0.1) is 6.92 Å². The molecule has 0 amide bonds. The lowest BCUT2D eigenvalue weighted by molar-refractivity contribution is -0.138. The summed E-state index contributed by atoms with van der Waals surface area (Å²) < 4.78 is 12.9. The minimum absolute atomic E-state index is 0.0923. The van der Waals surface area contributed by atoms with Gasteiger partial charge in [0.2, 0.25) is 0 Å². The fourth-order valence-corrected chi connectivity index (χ4v) is 5.02. The van der Waals surface area contributed by atoms with Gasteiger partial charge in [0.1, 0.15) is 24.2 Å². The van der Waals surface area contributed by atoms with Crippen molar-refractivity contribution in [2.45, 2.75) is 19.9 Å². The van der Waals surface area contributed by atoms with E-state index in [-0.39, 0.29) is 12.2 Å². The Bertz CT molecular complexity index is 1290. The summed E-state index contributed by atoms with van der Waals surface area (Å²) in [5.41, 5.74) is 0.684. The number of fused-ring (bicyclic) bond motifs is 1. The van der Waals surface area contributed by atoms with E-state index in [1.54, 1.807) is 17.6 Å². The van der Waals surface area contributed by atoms with Gasteiger partial charge in [-0.2, -0.15) is 0 Å². The van der Waals surface area contributed by atoms with E-state index in [0.717, 1.165) is 10.6 Å². The average Bonchev–Trinajstić information content (AvgIpc) is 3.41. The zero-order chi connectivity index (χ0) is 20.5. The molecule has 0 aliphatic carbocycles. The van der Waals surface area contributed by atoms with Gasteiger partial charge in [0.25, 0.3) is 5.56 Å². The molecule has 6 nitrogen and oxygen atoms in total. The van der Waals surface area contributed by atoms with E-state index < -0.39 is 12.0 Å². The molecule has 4 heterocycles. The number of carbonyl (C=O) groups excluding carboxylic acids is 1. The van der Waals surface area contributed by atoms with Crippen LogP contribution in [-0.2, 0) is 9.53 Å². The van der Waals surface area contributed by atoms with Crippen molar-refractivity contribution in [1.82, 2.24) is 4.57 Å². The smallest absolute Gasteiger partial charge is 0.338 e. The fraction of sp³-hybridized carbons (Fsp3) is 0.190. The second kappa shape index (κ2) is 7.81. The molecule has 0 bridgehead atoms. The Morgan fingerprint density at radius 3 is 2.86 bits per heavy atom. The zero-order valence-corrected chi connectivity index (χ0v) is 17.5. The molecule has 0 unspecified atom stereocenters. The van der Waals surface area contributed by atoms with E-state index >= 15 is 0 Å². The van der Waals surface area contributed by atoms with Crippen molar-refractivity contribution in [2.75, 3.05) is 6.61 Å². The van der Waals surface area contributed by atoms with Crippen molar-refractivity contribution >= 4 is 34.7 Å². The highest BCUT2D eigenvalue weighted by atomic mass is 32.1. The van der Waals surface area contributed by atoms with Gasteiger partial charge in [0.05, 0.1) is 15.8 Å². The molecular formula is C21H18N2O4S2. The molecule has 4 rings (SSSR count). The summed E-state index contributed by atoms with van der Waals surface area (Å²) in [6.07, 6.45) is 3.21. The quantitative estimate of drug-likeness (QED) is 0.464. The molecule has 8 heteroatoms. The lowest BCUT2D eigenvalue weighted by atomic mass is 10.0. The predicted molar refractivity (Wildman–Crippen MR) is 113 cm³/mol. The number of esters is 1. The molecule has 0 saturated carbocycles. The lowest BCUT2D eigenvalue weighted by Gasteiger charge is -2.23. The second-order valence-electron chi connectivity index (χ2n) is 6.43. The van der Waals surface area contributed by atoms with Crippen LogP contribution in [0.4, 0.5) is 0 Å². The molecule has 0 fully saturated rings. The molecule has 0 spiro atoms. The van der Waals surface area contributed by atoms with Gasteiger partial charge < -0.3 is 9.15 Å². The number of hydrogen-bond acceptors (Lipinski definition) is 7. The summed E-state index contributed by atoms with van der Waals surface area (Å²) in [7, 11) is 0. The van der Waals surface area contributed by atoms with E-state index in [2.05, 4.69) is 11.6 Å². The van der Waals surface area contributed by atoms with Gasteiger partial charge in [0.15, 0.2) is 4.80 Å². The molecule has 1 aliphatic rings. The topological polar surface area (TPSA) is 73.8 Å². The molecule has 0 N–H and O–H groups in total. The van der Waals surface area contributed by atoms with Crippen molar-refractivity contribution in [3.63, 3.8) is 0 Å². The molecule has 3 aromatic rings. The fourth-order valence-electron chi connectivity index (χ4n) is 3.17. The highest BCUT2D eigenvalue weighted by molar-refractivity contribution is 7.10. The van der Waals surface area contributed by atoms with E-state index in [1.807, 2.05) is 36.6 Å². The standard InChI is InChI=1S/C21H18N2O4S2/c1-4-9-26-20(25)17-13(3)22-21-23(18(17)15-6-5-10-28-15)19(24)16(29-21)11-14-8-7-12(2)27-14/h4-8,10-11,18H,1,9H2,2-3H3/b16-11+/t18-/m0/s1. The van der Waals surface area contributed by atoms with E-state index in [0.29, 0.717) is 26.4 Å². The van der Waals surface area contributed by atoms with Gasteiger partial charge in [-0.25, -0.2) is 9.79 Å². The van der Waals surface area contributed by atoms with Crippen molar-refractivity contribution in [3.8, 4) is 0 Å². The van der Waals surface area contributed by atoms with Crippen LogP contribution in [0.5, 0.6) is 0 Å². The predicted octanol–water partition coefficient (Wildman–Crippen LogP) is 2.93. The van der Waals surface area contributed by atoms with E-state index in [9.17, 15) is 9.59 Å². The van der Waals surface area contributed by atoms with Crippen LogP contribution in [-0.4, -0.2) is 17.1 Å². The number of thiazole rings is 1. The van der Waals surface area contributed by atoms with Crippen molar-refractivity contribution in [2.24, 2.45) is 4.99 Å². The third-order valence-electron chi connectivity index (χ3n) is 4.42. The molecule has 3 aromatic heterocycles. The van der Waals surface area contributed by atoms with Crippen LogP contribution in [0.3, 0.4) is 0 Å². The minimum atomic E-state index is -0.580. The van der Waals surface area contributed by atoms with Gasteiger partial charge in [0, 0.05) is 11.0 Å². The number of allylic oxidation sites excluding steroid dienone is 1. The summed E-state index contributed by atoms with van der Waals surface area (Å²) in [6, 6.07) is 6.87. The van der Waals surface area contributed by atoms with Crippen molar-refractivity contribution in [3.05, 3.63) is 89.7 Å². The van der Waals surface area contributed by atoms with Crippen LogP contribution in [0.2, 0.25) is 0 Å². The van der Waals surface area contributed by atoms with Crippen molar-refractivity contribution in [1.29, 1.82) is 0 Å². The number of hydrogen-bond donors (Lipinski definition) is 0. The first-order valence-electron chi connectivity index (χ1n) is 8.90. The van der Waals surface area contributed by atoms with Crippen molar-refractivity contribution < 1.29 is 13.9 Å². The van der Waals surface area contributed by atoms with Crippen LogP contribution in [0.1, 0.15) is 29.4 Å². The van der Waals surface area contributed by atoms with Crippen LogP contribution in [0.15, 0.2) is 67.8 Å². The number of aromatic nitrogens is 1. The normalized spacial score (nSPS) is 16.5. The van der Waals surface area contributed by atoms with Gasteiger partial charge in [-0.1, -0.05) is 30.1 Å². The largest absolute Gasteiger partial charge is 0.462 e. The summed E-state index contributed by atoms with van der Waals surface area (Å²) in [5, 5.41) is 1.92.